The van der Waals surface area contributed by atoms with E-state index in [0.29, 0.717) is 36.4 Å². The number of hydrogen-bond acceptors (Lipinski definition) is 5. The van der Waals surface area contributed by atoms with E-state index in [1.165, 1.54) is 37.4 Å². The number of piperidine rings is 1. The van der Waals surface area contributed by atoms with Crippen molar-refractivity contribution in [2.75, 3.05) is 13.1 Å². The number of rotatable bonds is 3. The second-order valence-corrected chi connectivity index (χ2v) is 7.65. The fourth-order valence-corrected chi connectivity index (χ4v) is 3.88. The van der Waals surface area contributed by atoms with Gasteiger partial charge in [-0.25, -0.2) is 14.1 Å². The van der Waals surface area contributed by atoms with Gasteiger partial charge in [0.1, 0.15) is 17.3 Å². The number of benzene rings is 1. The molecule has 0 radical (unpaired) electrons. The standard InChI is InChI=1S/C21H22FN5O3/c1-13-23-18-11-15(22)3-4-16(18)20(29)27(13)12-14-7-9-26(10-8-14)21(30)17-5-6-19(28)25(2)24-17/h3-6,11,14H,7-10,12H2,1-2H3. The zero-order valence-corrected chi connectivity index (χ0v) is 16.8. The number of nitrogens with zero attached hydrogens (tertiary/aromatic N) is 5. The number of aryl methyl sites for hydroxylation is 2. The van der Waals surface area contributed by atoms with Crippen molar-refractivity contribution in [1.29, 1.82) is 0 Å². The van der Waals surface area contributed by atoms with E-state index in [1.807, 2.05) is 0 Å². The average Bonchev–Trinajstić information content (AvgIpc) is 2.73. The highest BCUT2D eigenvalue weighted by Crippen LogP contribution is 2.21. The van der Waals surface area contributed by atoms with E-state index in [-0.39, 0.29) is 28.6 Å². The van der Waals surface area contributed by atoms with Crippen molar-refractivity contribution in [3.8, 4) is 0 Å². The first-order valence-corrected chi connectivity index (χ1v) is 9.84. The monoisotopic (exact) mass is 411 g/mol. The number of aromatic nitrogens is 4. The van der Waals surface area contributed by atoms with Crippen LogP contribution in [0.3, 0.4) is 0 Å². The smallest absolute Gasteiger partial charge is 0.274 e. The number of amides is 1. The van der Waals surface area contributed by atoms with Gasteiger partial charge in [0.05, 0.1) is 10.9 Å². The molecule has 9 heteroatoms. The van der Waals surface area contributed by atoms with Crippen molar-refractivity contribution < 1.29 is 9.18 Å². The lowest BCUT2D eigenvalue weighted by Crippen LogP contribution is -2.41. The largest absolute Gasteiger partial charge is 0.337 e. The Morgan fingerprint density at radius 1 is 1.17 bits per heavy atom. The molecule has 1 aliphatic heterocycles. The van der Waals surface area contributed by atoms with Gasteiger partial charge in [0, 0.05) is 38.8 Å². The second-order valence-electron chi connectivity index (χ2n) is 7.65. The Morgan fingerprint density at radius 3 is 2.60 bits per heavy atom. The van der Waals surface area contributed by atoms with Crippen LogP contribution in [0.25, 0.3) is 10.9 Å². The summed E-state index contributed by atoms with van der Waals surface area (Å²) in [5.74, 6) is 0.146. The van der Waals surface area contributed by atoms with E-state index in [2.05, 4.69) is 10.1 Å². The molecule has 3 aromatic rings. The van der Waals surface area contributed by atoms with Gasteiger partial charge >= 0.3 is 0 Å². The Hall–Kier alpha value is -3.36. The highest BCUT2D eigenvalue weighted by Gasteiger charge is 2.25. The van der Waals surface area contributed by atoms with Gasteiger partial charge in [-0.1, -0.05) is 0 Å². The molecule has 0 atom stereocenters. The normalized spacial score (nSPS) is 15.0. The maximum Gasteiger partial charge on any atom is 0.274 e. The summed E-state index contributed by atoms with van der Waals surface area (Å²) >= 11 is 0. The third-order valence-corrected chi connectivity index (χ3v) is 5.63. The maximum absolute atomic E-state index is 13.4. The van der Waals surface area contributed by atoms with Crippen LogP contribution in [0.4, 0.5) is 4.39 Å². The molecule has 0 bridgehead atoms. The molecule has 1 aromatic carbocycles. The summed E-state index contributed by atoms with van der Waals surface area (Å²) in [4.78, 5) is 43.1. The van der Waals surface area contributed by atoms with Crippen LogP contribution in [0.5, 0.6) is 0 Å². The van der Waals surface area contributed by atoms with Crippen molar-refractivity contribution in [2.24, 2.45) is 13.0 Å². The Kier molecular flexibility index (Phi) is 5.19. The number of halogens is 1. The number of hydrogen-bond donors (Lipinski definition) is 0. The van der Waals surface area contributed by atoms with Gasteiger partial charge in [-0.05, 0) is 43.9 Å². The van der Waals surface area contributed by atoms with Crippen LogP contribution in [-0.2, 0) is 13.6 Å². The molecule has 0 unspecified atom stereocenters. The van der Waals surface area contributed by atoms with Crippen LogP contribution in [0.15, 0.2) is 39.9 Å². The summed E-state index contributed by atoms with van der Waals surface area (Å²) in [6.45, 7) is 3.35. The van der Waals surface area contributed by atoms with Gasteiger partial charge in [0.15, 0.2) is 0 Å². The molecule has 8 nitrogen and oxygen atoms in total. The van der Waals surface area contributed by atoms with E-state index in [4.69, 9.17) is 0 Å². The zero-order chi connectivity index (χ0) is 21.4. The Balaban J connectivity index is 1.47. The van der Waals surface area contributed by atoms with Crippen LogP contribution in [-0.4, -0.2) is 43.2 Å². The molecule has 30 heavy (non-hydrogen) atoms. The first-order valence-electron chi connectivity index (χ1n) is 9.84. The third-order valence-electron chi connectivity index (χ3n) is 5.63. The zero-order valence-electron chi connectivity index (χ0n) is 16.8. The molecule has 4 rings (SSSR count). The van der Waals surface area contributed by atoms with Gasteiger partial charge in [-0.15, -0.1) is 0 Å². The van der Waals surface area contributed by atoms with E-state index in [1.54, 1.807) is 16.4 Å². The first kappa shape index (κ1) is 19.9. The fourth-order valence-electron chi connectivity index (χ4n) is 3.88. The van der Waals surface area contributed by atoms with E-state index in [0.717, 1.165) is 17.5 Å². The minimum atomic E-state index is -0.420. The van der Waals surface area contributed by atoms with Gasteiger partial charge in [0.2, 0.25) is 0 Å². The number of fused-ring (bicyclic) bond motifs is 1. The SMILES string of the molecule is Cc1nc2cc(F)ccc2c(=O)n1CC1CCN(C(=O)c2ccc(=O)n(C)n2)CC1. The average molecular weight is 411 g/mol. The van der Waals surface area contributed by atoms with Crippen LogP contribution in [0.2, 0.25) is 0 Å². The molecule has 2 aromatic heterocycles. The summed E-state index contributed by atoms with van der Waals surface area (Å²) in [5, 5.41) is 4.42. The molecule has 156 valence electrons. The van der Waals surface area contributed by atoms with Crippen molar-refractivity contribution in [2.45, 2.75) is 26.3 Å². The molecule has 0 spiro atoms. The predicted octanol–water partition coefficient (Wildman–Crippen LogP) is 1.49. The minimum absolute atomic E-state index is 0.176. The first-order chi connectivity index (χ1) is 14.3. The maximum atomic E-state index is 13.4. The van der Waals surface area contributed by atoms with Crippen molar-refractivity contribution in [1.82, 2.24) is 24.2 Å². The van der Waals surface area contributed by atoms with Crippen LogP contribution < -0.4 is 11.1 Å². The number of likely N-dealkylation sites (tertiary alicyclic amines) is 1. The molecule has 0 N–H and O–H groups in total. The molecule has 0 saturated carbocycles. The fraction of sp³-hybridized carbons (Fsp3) is 0.381. The molecule has 1 amide bonds. The second kappa shape index (κ2) is 7.81. The van der Waals surface area contributed by atoms with Crippen LogP contribution in [0, 0.1) is 18.7 Å². The number of carbonyl (C=O) groups is 1. The highest BCUT2D eigenvalue weighted by atomic mass is 19.1. The predicted molar refractivity (Wildman–Crippen MR) is 109 cm³/mol. The van der Waals surface area contributed by atoms with Gasteiger partial charge in [0.25, 0.3) is 17.0 Å². The van der Waals surface area contributed by atoms with Crippen molar-refractivity contribution in [3.63, 3.8) is 0 Å². The summed E-state index contributed by atoms with van der Waals surface area (Å²) in [6.07, 6.45) is 1.48. The molecule has 0 aliphatic carbocycles. The van der Waals surface area contributed by atoms with Gasteiger partial charge < -0.3 is 4.90 Å². The summed E-state index contributed by atoms with van der Waals surface area (Å²) in [6, 6.07) is 6.79. The lowest BCUT2D eigenvalue weighted by molar-refractivity contribution is 0.0673. The van der Waals surface area contributed by atoms with Crippen molar-refractivity contribution in [3.05, 3.63) is 68.4 Å². The molecule has 1 saturated heterocycles. The van der Waals surface area contributed by atoms with Crippen molar-refractivity contribution >= 4 is 16.8 Å². The van der Waals surface area contributed by atoms with E-state index >= 15 is 0 Å². The van der Waals surface area contributed by atoms with E-state index in [9.17, 15) is 18.8 Å². The topological polar surface area (TPSA) is 90.1 Å². The van der Waals surface area contributed by atoms with Gasteiger partial charge in [-0.2, -0.15) is 5.10 Å². The molecule has 1 aliphatic rings. The molecular weight excluding hydrogens is 389 g/mol. The summed E-state index contributed by atoms with van der Waals surface area (Å²) in [5.41, 5.74) is 0.163. The van der Waals surface area contributed by atoms with Gasteiger partial charge in [-0.3, -0.25) is 19.0 Å². The molecule has 1 fully saturated rings. The summed E-state index contributed by atoms with van der Waals surface area (Å²) in [7, 11) is 1.51. The summed E-state index contributed by atoms with van der Waals surface area (Å²) < 4.78 is 16.2. The number of carbonyl (C=O) groups excluding carboxylic acids is 1. The quantitative estimate of drug-likeness (QED) is 0.651. The molecule has 3 heterocycles. The Morgan fingerprint density at radius 2 is 1.90 bits per heavy atom. The Labute approximate surface area is 171 Å². The molecular formula is C21H22FN5O3. The lowest BCUT2D eigenvalue weighted by Gasteiger charge is -2.32. The van der Waals surface area contributed by atoms with Crippen LogP contribution >= 0.6 is 0 Å². The Bertz CT molecular complexity index is 1240. The minimum Gasteiger partial charge on any atom is -0.337 e. The highest BCUT2D eigenvalue weighted by molar-refractivity contribution is 5.92. The lowest BCUT2D eigenvalue weighted by atomic mass is 9.96. The third kappa shape index (κ3) is 3.74. The van der Waals surface area contributed by atoms with E-state index < -0.39 is 5.82 Å². The van der Waals surface area contributed by atoms with Crippen LogP contribution in [0.1, 0.15) is 29.2 Å².